The zero-order valence-corrected chi connectivity index (χ0v) is 12.6. The Balaban J connectivity index is 2.33. The van der Waals surface area contributed by atoms with Crippen molar-refractivity contribution in [1.29, 1.82) is 0 Å². The molecule has 1 heterocycles. The summed E-state index contributed by atoms with van der Waals surface area (Å²) < 4.78 is 1.45. The van der Waals surface area contributed by atoms with Gasteiger partial charge in [0.25, 0.3) is 17.5 Å². The van der Waals surface area contributed by atoms with Gasteiger partial charge in [0.05, 0.1) is 10.6 Å². The summed E-state index contributed by atoms with van der Waals surface area (Å²) in [7, 11) is 0. The molecule has 2 rings (SSSR count). The smallest absolute Gasteiger partial charge is 0.273 e. The maximum Gasteiger partial charge on any atom is 0.273 e. The molecule has 23 heavy (non-hydrogen) atoms. The Morgan fingerprint density at radius 3 is 2.70 bits per heavy atom. The number of aryl methyl sites for hydroxylation is 2. The van der Waals surface area contributed by atoms with Gasteiger partial charge in [-0.2, -0.15) is 5.10 Å². The van der Waals surface area contributed by atoms with Crippen LogP contribution < -0.4 is 11.1 Å². The summed E-state index contributed by atoms with van der Waals surface area (Å²) in [4.78, 5) is 34.0. The molecule has 3 N–H and O–H groups in total. The predicted molar refractivity (Wildman–Crippen MR) is 82.2 cm³/mol. The van der Waals surface area contributed by atoms with E-state index in [2.05, 4.69) is 10.4 Å². The summed E-state index contributed by atoms with van der Waals surface area (Å²) >= 11 is 0. The number of hydrogen-bond donors (Lipinski definition) is 2. The lowest BCUT2D eigenvalue weighted by molar-refractivity contribution is -0.385. The molecule has 0 saturated heterocycles. The van der Waals surface area contributed by atoms with Gasteiger partial charge in [0.2, 0.25) is 0 Å². The molecular formula is C14H15N5O4. The van der Waals surface area contributed by atoms with Crippen LogP contribution in [0.2, 0.25) is 0 Å². The number of nitro benzene ring substituents is 1. The first-order chi connectivity index (χ1) is 10.8. The third kappa shape index (κ3) is 3.34. The number of hydrogen-bond acceptors (Lipinski definition) is 5. The Hall–Kier alpha value is -3.23. The number of amides is 2. The summed E-state index contributed by atoms with van der Waals surface area (Å²) in [5, 5.41) is 17.4. The summed E-state index contributed by atoms with van der Waals surface area (Å²) in [6, 6.07) is 4.13. The van der Waals surface area contributed by atoms with E-state index < -0.39 is 16.7 Å². The lowest BCUT2D eigenvalue weighted by Crippen LogP contribution is -2.18. The fourth-order valence-electron chi connectivity index (χ4n) is 2.00. The Kier molecular flexibility index (Phi) is 4.39. The van der Waals surface area contributed by atoms with Crippen molar-refractivity contribution in [3.63, 3.8) is 0 Å². The van der Waals surface area contributed by atoms with Crippen LogP contribution in [0.4, 0.5) is 11.4 Å². The Bertz CT molecular complexity index is 796. The van der Waals surface area contributed by atoms with Crippen molar-refractivity contribution in [2.24, 2.45) is 5.73 Å². The van der Waals surface area contributed by atoms with Gasteiger partial charge in [-0.15, -0.1) is 0 Å². The van der Waals surface area contributed by atoms with E-state index in [1.54, 1.807) is 6.92 Å². The van der Waals surface area contributed by atoms with Gasteiger partial charge in [0.15, 0.2) is 5.69 Å². The third-order valence-electron chi connectivity index (χ3n) is 3.24. The van der Waals surface area contributed by atoms with E-state index in [1.165, 1.54) is 29.1 Å². The highest BCUT2D eigenvalue weighted by Crippen LogP contribution is 2.21. The van der Waals surface area contributed by atoms with Crippen LogP contribution in [0.1, 0.15) is 33.3 Å². The maximum absolute atomic E-state index is 12.2. The van der Waals surface area contributed by atoms with Crippen LogP contribution in [0.5, 0.6) is 0 Å². The van der Waals surface area contributed by atoms with E-state index in [-0.39, 0.29) is 22.6 Å². The number of nitrogens with two attached hydrogens (primary N) is 1. The number of anilines is 1. The molecule has 0 radical (unpaired) electrons. The van der Waals surface area contributed by atoms with Crippen LogP contribution in [0.3, 0.4) is 0 Å². The third-order valence-corrected chi connectivity index (χ3v) is 3.24. The molecule has 0 saturated carbocycles. The second-order valence-electron chi connectivity index (χ2n) is 4.82. The van der Waals surface area contributed by atoms with E-state index in [1.807, 2.05) is 6.92 Å². The number of carbonyl (C=O) groups is 2. The molecule has 0 atom stereocenters. The fourth-order valence-corrected chi connectivity index (χ4v) is 2.00. The maximum atomic E-state index is 12.2. The molecular weight excluding hydrogens is 302 g/mol. The highest BCUT2D eigenvalue weighted by Gasteiger charge is 2.19. The molecule has 120 valence electrons. The molecule has 2 aromatic rings. The number of primary amides is 1. The minimum atomic E-state index is -0.776. The highest BCUT2D eigenvalue weighted by atomic mass is 16.6. The molecule has 9 heteroatoms. The zero-order valence-electron chi connectivity index (χ0n) is 12.6. The van der Waals surface area contributed by atoms with Crippen molar-refractivity contribution in [1.82, 2.24) is 9.78 Å². The predicted octanol–water partition coefficient (Wildman–Crippen LogP) is 1.47. The monoisotopic (exact) mass is 317 g/mol. The van der Waals surface area contributed by atoms with Gasteiger partial charge in [0, 0.05) is 29.9 Å². The molecule has 0 bridgehead atoms. The number of nitrogens with one attached hydrogen (secondary N) is 1. The van der Waals surface area contributed by atoms with Crippen LogP contribution in [0, 0.1) is 17.0 Å². The van der Waals surface area contributed by atoms with Crippen LogP contribution in [0.15, 0.2) is 24.4 Å². The van der Waals surface area contributed by atoms with Crippen molar-refractivity contribution >= 4 is 23.2 Å². The SMILES string of the molecule is CCn1cc(NC(=O)c2ccc(C)c([N+](=O)[O-])c2)c(C(N)=O)n1. The largest absolute Gasteiger partial charge is 0.364 e. The summed E-state index contributed by atoms with van der Waals surface area (Å²) in [5.41, 5.74) is 5.71. The Labute approximate surface area is 131 Å². The summed E-state index contributed by atoms with van der Waals surface area (Å²) in [6.45, 7) is 3.88. The fraction of sp³-hybridized carbons (Fsp3) is 0.214. The average molecular weight is 317 g/mol. The van der Waals surface area contributed by atoms with Crippen molar-refractivity contribution in [3.8, 4) is 0 Å². The molecule has 0 aliphatic carbocycles. The van der Waals surface area contributed by atoms with E-state index in [0.29, 0.717) is 12.1 Å². The number of rotatable bonds is 5. The minimum absolute atomic E-state index is 0.0678. The van der Waals surface area contributed by atoms with E-state index in [9.17, 15) is 19.7 Å². The highest BCUT2D eigenvalue weighted by molar-refractivity contribution is 6.08. The molecule has 9 nitrogen and oxygen atoms in total. The van der Waals surface area contributed by atoms with Crippen LogP contribution >= 0.6 is 0 Å². The zero-order chi connectivity index (χ0) is 17.1. The number of carbonyl (C=O) groups excluding carboxylic acids is 2. The molecule has 0 spiro atoms. The van der Waals surface area contributed by atoms with Crippen LogP contribution in [0.25, 0.3) is 0 Å². The lowest BCUT2D eigenvalue weighted by atomic mass is 10.1. The molecule has 0 fully saturated rings. The molecule has 0 unspecified atom stereocenters. The van der Waals surface area contributed by atoms with Gasteiger partial charge in [0.1, 0.15) is 0 Å². The van der Waals surface area contributed by atoms with Crippen molar-refractivity contribution in [2.75, 3.05) is 5.32 Å². The molecule has 1 aromatic carbocycles. The van der Waals surface area contributed by atoms with E-state index >= 15 is 0 Å². The summed E-state index contributed by atoms with van der Waals surface area (Å²) in [5.74, 6) is -1.37. The number of benzene rings is 1. The lowest BCUT2D eigenvalue weighted by Gasteiger charge is -2.05. The van der Waals surface area contributed by atoms with Crippen molar-refractivity contribution in [2.45, 2.75) is 20.4 Å². The quantitative estimate of drug-likeness (QED) is 0.636. The molecule has 1 aromatic heterocycles. The Morgan fingerprint density at radius 2 is 2.13 bits per heavy atom. The first kappa shape index (κ1) is 16.1. The van der Waals surface area contributed by atoms with Gasteiger partial charge in [-0.25, -0.2) is 0 Å². The first-order valence-corrected chi connectivity index (χ1v) is 6.77. The number of aromatic nitrogens is 2. The molecule has 2 amide bonds. The van der Waals surface area contributed by atoms with Crippen molar-refractivity contribution in [3.05, 3.63) is 51.3 Å². The Morgan fingerprint density at radius 1 is 1.43 bits per heavy atom. The topological polar surface area (TPSA) is 133 Å². The molecule has 0 aliphatic rings. The second-order valence-corrected chi connectivity index (χ2v) is 4.82. The summed E-state index contributed by atoms with van der Waals surface area (Å²) in [6.07, 6.45) is 1.47. The number of nitrogens with zero attached hydrogens (tertiary/aromatic N) is 3. The van der Waals surface area contributed by atoms with Gasteiger partial charge in [-0.1, -0.05) is 6.07 Å². The van der Waals surface area contributed by atoms with Crippen LogP contribution in [-0.2, 0) is 6.54 Å². The molecule has 0 aliphatic heterocycles. The first-order valence-electron chi connectivity index (χ1n) is 6.77. The average Bonchev–Trinajstić information content (AvgIpc) is 2.90. The van der Waals surface area contributed by atoms with Crippen molar-refractivity contribution < 1.29 is 14.5 Å². The second kappa shape index (κ2) is 6.26. The van der Waals surface area contributed by atoms with Crippen LogP contribution in [-0.4, -0.2) is 26.5 Å². The van der Waals surface area contributed by atoms with Gasteiger partial charge >= 0.3 is 0 Å². The van der Waals surface area contributed by atoms with Gasteiger partial charge in [-0.05, 0) is 19.9 Å². The van der Waals surface area contributed by atoms with E-state index in [4.69, 9.17) is 5.73 Å². The van der Waals surface area contributed by atoms with Gasteiger partial charge < -0.3 is 11.1 Å². The normalized spacial score (nSPS) is 10.3. The van der Waals surface area contributed by atoms with E-state index in [0.717, 1.165) is 0 Å². The standard InChI is InChI=1S/C14H15N5O4/c1-3-18-7-10(12(17-18)13(15)20)16-14(21)9-5-4-8(2)11(6-9)19(22)23/h4-7H,3H2,1-2H3,(H2,15,20)(H,16,21). The van der Waals surface area contributed by atoms with Gasteiger partial charge in [-0.3, -0.25) is 24.4 Å². The minimum Gasteiger partial charge on any atom is -0.364 e. The number of nitro groups is 1.